The van der Waals surface area contributed by atoms with Crippen molar-refractivity contribution in [3.05, 3.63) is 30.5 Å². The number of carbonyl (C=O) groups excluding carboxylic acids is 2. The van der Waals surface area contributed by atoms with Gasteiger partial charge < -0.3 is 9.73 Å². The standard InChI is InChI=1S/C10H11N5O3/c16-8(14-10-12-6-13-15-10)3-4-11-9(17)7-2-1-5-18-7/h1-2,5-6H,3-4H2,(H,11,17)(H2,12,13,14,15,16). The Balaban J connectivity index is 1.69. The molecule has 8 heteroatoms. The first-order chi connectivity index (χ1) is 8.75. The Labute approximate surface area is 102 Å². The zero-order chi connectivity index (χ0) is 12.8. The highest BCUT2D eigenvalue weighted by atomic mass is 16.3. The van der Waals surface area contributed by atoms with Crippen LogP contribution in [0.15, 0.2) is 29.1 Å². The fourth-order valence-corrected chi connectivity index (χ4v) is 1.24. The lowest BCUT2D eigenvalue weighted by atomic mass is 10.3. The Kier molecular flexibility index (Phi) is 3.69. The van der Waals surface area contributed by atoms with E-state index in [4.69, 9.17) is 4.42 Å². The third-order valence-corrected chi connectivity index (χ3v) is 2.06. The van der Waals surface area contributed by atoms with E-state index in [0.717, 1.165) is 0 Å². The number of hydrogen-bond donors (Lipinski definition) is 3. The molecule has 8 nitrogen and oxygen atoms in total. The van der Waals surface area contributed by atoms with Gasteiger partial charge in [0.1, 0.15) is 6.33 Å². The van der Waals surface area contributed by atoms with Crippen LogP contribution in [0.2, 0.25) is 0 Å². The number of amides is 2. The fraction of sp³-hybridized carbons (Fsp3) is 0.200. The van der Waals surface area contributed by atoms with E-state index in [0.29, 0.717) is 0 Å². The highest BCUT2D eigenvalue weighted by Gasteiger charge is 2.09. The van der Waals surface area contributed by atoms with E-state index in [2.05, 4.69) is 25.8 Å². The quantitative estimate of drug-likeness (QED) is 0.698. The van der Waals surface area contributed by atoms with Crippen molar-refractivity contribution < 1.29 is 14.0 Å². The van der Waals surface area contributed by atoms with Crippen LogP contribution in [0.4, 0.5) is 5.95 Å². The second-order valence-corrected chi connectivity index (χ2v) is 3.37. The van der Waals surface area contributed by atoms with Crippen molar-refractivity contribution in [1.82, 2.24) is 20.5 Å². The minimum Gasteiger partial charge on any atom is -0.459 e. The maximum Gasteiger partial charge on any atom is 0.286 e. The number of furan rings is 1. The van der Waals surface area contributed by atoms with Crippen molar-refractivity contribution in [2.45, 2.75) is 6.42 Å². The van der Waals surface area contributed by atoms with Gasteiger partial charge in [0.15, 0.2) is 5.76 Å². The number of nitrogens with zero attached hydrogens (tertiary/aromatic N) is 2. The Morgan fingerprint density at radius 2 is 2.33 bits per heavy atom. The van der Waals surface area contributed by atoms with Gasteiger partial charge >= 0.3 is 0 Å². The Morgan fingerprint density at radius 1 is 1.44 bits per heavy atom. The van der Waals surface area contributed by atoms with E-state index < -0.39 is 0 Å². The molecule has 2 aromatic rings. The predicted octanol–water partition coefficient (Wildman–Crippen LogP) is 0.156. The zero-order valence-corrected chi connectivity index (χ0v) is 9.34. The van der Waals surface area contributed by atoms with Gasteiger partial charge in [-0.25, -0.2) is 5.10 Å². The second kappa shape index (κ2) is 5.62. The summed E-state index contributed by atoms with van der Waals surface area (Å²) in [5.74, 6) is -0.137. The molecular formula is C10H11N5O3. The summed E-state index contributed by atoms with van der Waals surface area (Å²) < 4.78 is 4.90. The molecule has 2 heterocycles. The number of H-pyrrole nitrogens is 1. The third-order valence-electron chi connectivity index (χ3n) is 2.06. The molecule has 94 valence electrons. The molecule has 0 saturated heterocycles. The lowest BCUT2D eigenvalue weighted by Crippen LogP contribution is -2.27. The molecule has 2 amide bonds. The average Bonchev–Trinajstić information content (AvgIpc) is 3.00. The molecule has 0 fully saturated rings. The predicted molar refractivity (Wildman–Crippen MR) is 60.7 cm³/mol. The van der Waals surface area contributed by atoms with Crippen molar-refractivity contribution in [3.63, 3.8) is 0 Å². The van der Waals surface area contributed by atoms with Gasteiger partial charge in [-0.15, -0.1) is 0 Å². The molecule has 0 saturated carbocycles. The normalized spacial score (nSPS) is 10.0. The summed E-state index contributed by atoms with van der Waals surface area (Å²) >= 11 is 0. The minimum absolute atomic E-state index is 0.132. The van der Waals surface area contributed by atoms with E-state index in [1.54, 1.807) is 12.1 Å². The lowest BCUT2D eigenvalue weighted by molar-refractivity contribution is -0.116. The van der Waals surface area contributed by atoms with Crippen LogP contribution in [0.3, 0.4) is 0 Å². The van der Waals surface area contributed by atoms with Gasteiger partial charge in [0, 0.05) is 13.0 Å². The summed E-state index contributed by atoms with van der Waals surface area (Å²) in [4.78, 5) is 26.6. The Bertz CT molecular complexity index is 506. The van der Waals surface area contributed by atoms with Crippen LogP contribution in [0.5, 0.6) is 0 Å². The Hall–Kier alpha value is -2.64. The molecule has 0 aliphatic rings. The number of nitrogens with one attached hydrogen (secondary N) is 3. The van der Waals surface area contributed by atoms with E-state index in [1.807, 2.05) is 0 Å². The van der Waals surface area contributed by atoms with Gasteiger partial charge in [0.25, 0.3) is 5.91 Å². The first kappa shape index (κ1) is 11.8. The van der Waals surface area contributed by atoms with Gasteiger partial charge in [0.2, 0.25) is 11.9 Å². The van der Waals surface area contributed by atoms with E-state index >= 15 is 0 Å². The Morgan fingerprint density at radius 3 is 3.00 bits per heavy atom. The maximum absolute atomic E-state index is 11.4. The van der Waals surface area contributed by atoms with Crippen LogP contribution in [-0.2, 0) is 4.79 Å². The van der Waals surface area contributed by atoms with Crippen LogP contribution in [-0.4, -0.2) is 33.5 Å². The molecule has 0 atom stereocenters. The highest BCUT2D eigenvalue weighted by Crippen LogP contribution is 1.99. The van der Waals surface area contributed by atoms with E-state index in [9.17, 15) is 9.59 Å². The number of aromatic nitrogens is 3. The first-order valence-electron chi connectivity index (χ1n) is 5.22. The van der Waals surface area contributed by atoms with Crippen molar-refractivity contribution >= 4 is 17.8 Å². The fourth-order valence-electron chi connectivity index (χ4n) is 1.24. The summed E-state index contributed by atoms with van der Waals surface area (Å²) in [5, 5.41) is 11.1. The number of hydrogen-bond acceptors (Lipinski definition) is 5. The lowest BCUT2D eigenvalue weighted by Gasteiger charge is -2.03. The van der Waals surface area contributed by atoms with E-state index in [1.165, 1.54) is 12.6 Å². The van der Waals surface area contributed by atoms with Crippen LogP contribution in [0.25, 0.3) is 0 Å². The van der Waals surface area contributed by atoms with Gasteiger partial charge in [-0.05, 0) is 12.1 Å². The van der Waals surface area contributed by atoms with Crippen LogP contribution in [0.1, 0.15) is 17.0 Å². The summed E-state index contributed by atoms with van der Waals surface area (Å²) in [6.07, 6.45) is 2.83. The maximum atomic E-state index is 11.4. The monoisotopic (exact) mass is 249 g/mol. The summed E-state index contributed by atoms with van der Waals surface area (Å²) in [6.45, 7) is 0.208. The van der Waals surface area contributed by atoms with Crippen molar-refractivity contribution in [2.75, 3.05) is 11.9 Å². The summed E-state index contributed by atoms with van der Waals surface area (Å²) in [6, 6.07) is 3.16. The number of carbonyl (C=O) groups is 2. The number of aromatic amines is 1. The SMILES string of the molecule is O=C(CCNC(=O)c1ccco1)Nc1ncn[nH]1. The van der Waals surface area contributed by atoms with Crippen LogP contribution in [0, 0.1) is 0 Å². The molecule has 18 heavy (non-hydrogen) atoms. The molecule has 2 rings (SSSR count). The molecule has 0 unspecified atom stereocenters. The molecular weight excluding hydrogens is 238 g/mol. The minimum atomic E-state index is -0.354. The second-order valence-electron chi connectivity index (χ2n) is 3.37. The third kappa shape index (κ3) is 3.17. The average molecular weight is 249 g/mol. The van der Waals surface area contributed by atoms with Gasteiger partial charge in [-0.1, -0.05) is 0 Å². The zero-order valence-electron chi connectivity index (χ0n) is 9.34. The van der Waals surface area contributed by atoms with Gasteiger partial charge in [-0.2, -0.15) is 10.1 Å². The first-order valence-corrected chi connectivity index (χ1v) is 5.22. The van der Waals surface area contributed by atoms with E-state index in [-0.39, 0.29) is 36.5 Å². The highest BCUT2D eigenvalue weighted by molar-refractivity contribution is 5.92. The van der Waals surface area contributed by atoms with Crippen LogP contribution >= 0.6 is 0 Å². The van der Waals surface area contributed by atoms with Crippen molar-refractivity contribution in [1.29, 1.82) is 0 Å². The molecule has 0 aliphatic carbocycles. The molecule has 0 radical (unpaired) electrons. The molecule has 2 aromatic heterocycles. The van der Waals surface area contributed by atoms with Crippen molar-refractivity contribution in [2.24, 2.45) is 0 Å². The largest absolute Gasteiger partial charge is 0.459 e. The summed E-state index contributed by atoms with van der Waals surface area (Å²) in [5.41, 5.74) is 0. The van der Waals surface area contributed by atoms with Gasteiger partial charge in [0.05, 0.1) is 6.26 Å². The topological polar surface area (TPSA) is 113 Å². The molecule has 0 bridgehead atoms. The molecule has 0 aliphatic heterocycles. The number of anilines is 1. The summed E-state index contributed by atoms with van der Waals surface area (Å²) in [7, 11) is 0. The van der Waals surface area contributed by atoms with Crippen molar-refractivity contribution in [3.8, 4) is 0 Å². The van der Waals surface area contributed by atoms with Crippen LogP contribution < -0.4 is 10.6 Å². The molecule has 0 aromatic carbocycles. The smallest absolute Gasteiger partial charge is 0.286 e. The molecule has 3 N–H and O–H groups in total. The number of rotatable bonds is 5. The molecule has 0 spiro atoms. The van der Waals surface area contributed by atoms with Gasteiger partial charge in [-0.3, -0.25) is 14.9 Å².